The summed E-state index contributed by atoms with van der Waals surface area (Å²) in [4.78, 5) is 38.6. The van der Waals surface area contributed by atoms with Crippen LogP contribution in [0.4, 0.5) is 0 Å². The average molecular weight is 920 g/mol. The first-order valence-corrected chi connectivity index (χ1v) is 25.1. The first kappa shape index (κ1) is 54.0. The first-order valence-electron chi connectivity index (χ1n) is 21.8. The van der Waals surface area contributed by atoms with Crippen molar-refractivity contribution in [1.29, 1.82) is 0 Å². The Morgan fingerprint density at radius 1 is 0.574 bits per heavy atom. The number of quaternary nitrogens is 1. The van der Waals surface area contributed by atoms with Gasteiger partial charge < -0.3 is 27.9 Å². The average Bonchev–Trinajstić information content (AvgIpc) is 3.11. The summed E-state index contributed by atoms with van der Waals surface area (Å²) in [6.07, 6.45) is 30.4. The maximum Gasteiger partial charge on any atom is 0.306 e. The highest BCUT2D eigenvalue weighted by molar-refractivity contribution is 9.12. The molecule has 54 heavy (non-hydrogen) atoms. The van der Waals surface area contributed by atoms with Gasteiger partial charge in [-0.3, -0.25) is 14.2 Å². The summed E-state index contributed by atoms with van der Waals surface area (Å²) < 4.78 is 33.9. The molecule has 0 aromatic rings. The minimum absolute atomic E-state index is 0.0327. The van der Waals surface area contributed by atoms with E-state index in [1.807, 2.05) is 21.1 Å². The second-order valence-electron chi connectivity index (χ2n) is 16.3. The van der Waals surface area contributed by atoms with Gasteiger partial charge in [0.2, 0.25) is 0 Å². The van der Waals surface area contributed by atoms with Crippen molar-refractivity contribution in [2.45, 2.75) is 209 Å². The Morgan fingerprint density at radius 3 is 1.39 bits per heavy atom. The predicted molar refractivity (Wildman–Crippen MR) is 229 cm³/mol. The fourth-order valence-electron chi connectivity index (χ4n) is 6.16. The van der Waals surface area contributed by atoms with Gasteiger partial charge in [0.1, 0.15) is 19.8 Å². The highest BCUT2D eigenvalue weighted by atomic mass is 79.9. The second-order valence-corrected chi connectivity index (χ2v) is 20.0. The molecule has 0 rings (SSSR count). The van der Waals surface area contributed by atoms with Gasteiger partial charge >= 0.3 is 11.9 Å². The summed E-state index contributed by atoms with van der Waals surface area (Å²) in [5.74, 6) is -0.844. The minimum Gasteiger partial charge on any atom is -0.756 e. The number of phosphoric ester groups is 1. The summed E-state index contributed by atoms with van der Waals surface area (Å²) in [7, 11) is 1.16. The summed E-state index contributed by atoms with van der Waals surface area (Å²) in [5, 5.41) is 0. The van der Waals surface area contributed by atoms with Gasteiger partial charge in [-0.25, -0.2) is 0 Å². The Morgan fingerprint density at radius 2 is 0.963 bits per heavy atom. The molecule has 0 aromatic heterocycles. The fourth-order valence-corrected chi connectivity index (χ4v) is 8.07. The molecule has 0 aromatic carbocycles. The quantitative estimate of drug-likeness (QED) is 0.0196. The van der Waals surface area contributed by atoms with Crippen molar-refractivity contribution in [3.8, 4) is 0 Å². The molecule has 0 bridgehead atoms. The van der Waals surface area contributed by atoms with E-state index in [9.17, 15) is 19.0 Å². The number of unbranched alkanes of at least 4 members (excludes halogenated alkanes) is 21. The number of hydrogen-bond donors (Lipinski definition) is 0. The van der Waals surface area contributed by atoms with Gasteiger partial charge in [-0.15, -0.1) is 0 Å². The molecule has 4 atom stereocenters. The summed E-state index contributed by atoms with van der Waals surface area (Å²) >= 11 is 7.74. The van der Waals surface area contributed by atoms with Gasteiger partial charge in [0.05, 0.1) is 27.7 Å². The van der Waals surface area contributed by atoms with E-state index in [2.05, 4.69) is 45.7 Å². The number of halogens is 2. The third-order valence-electron chi connectivity index (χ3n) is 9.73. The zero-order valence-electron chi connectivity index (χ0n) is 35.3. The van der Waals surface area contributed by atoms with Gasteiger partial charge in [-0.1, -0.05) is 187 Å². The summed E-state index contributed by atoms with van der Waals surface area (Å²) in [6.45, 7) is 4.21. The molecule has 322 valence electrons. The van der Waals surface area contributed by atoms with Crippen LogP contribution in [0.15, 0.2) is 0 Å². The predicted octanol–water partition coefficient (Wildman–Crippen LogP) is 12.1. The van der Waals surface area contributed by atoms with Crippen LogP contribution >= 0.6 is 39.7 Å². The SMILES string of the molecule is CCCCCCCCCCCCCCCC(=O)OCC(COP(=O)([O-])OCC[N+](C)(C)C)OC(=O)CCCCCCCC(Br)C(Br)CCCCCCCC. The third-order valence-corrected chi connectivity index (χ3v) is 13.6. The van der Waals surface area contributed by atoms with Gasteiger partial charge in [0.15, 0.2) is 6.10 Å². The molecule has 0 amide bonds. The number of alkyl halides is 2. The molecule has 0 fully saturated rings. The number of carbonyl (C=O) groups is 2. The Labute approximate surface area is 349 Å². The number of hydrogen-bond acceptors (Lipinski definition) is 8. The van der Waals surface area contributed by atoms with E-state index >= 15 is 0 Å². The Bertz CT molecular complexity index is 938. The van der Waals surface area contributed by atoms with Gasteiger partial charge in [0, 0.05) is 22.5 Å². The molecule has 0 N–H and O–H groups in total. The zero-order chi connectivity index (χ0) is 40.3. The highest BCUT2D eigenvalue weighted by Gasteiger charge is 2.22. The number of esters is 2. The van der Waals surface area contributed by atoms with Crippen molar-refractivity contribution in [2.24, 2.45) is 0 Å². The molecule has 0 saturated heterocycles. The van der Waals surface area contributed by atoms with Crippen LogP contribution in [0, 0.1) is 0 Å². The molecular formula is C42H82Br2NO8P. The van der Waals surface area contributed by atoms with Crippen LogP contribution in [0.1, 0.15) is 194 Å². The van der Waals surface area contributed by atoms with Gasteiger partial charge in [0.25, 0.3) is 7.82 Å². The second kappa shape index (κ2) is 36.1. The molecular weight excluding hydrogens is 837 g/mol. The topological polar surface area (TPSA) is 111 Å². The Hall–Kier alpha value is -0.0300. The molecule has 0 aliphatic rings. The summed E-state index contributed by atoms with van der Waals surface area (Å²) in [5.41, 5.74) is 0. The van der Waals surface area contributed by atoms with Crippen LogP contribution in [0.5, 0.6) is 0 Å². The molecule has 0 radical (unpaired) electrons. The van der Waals surface area contributed by atoms with E-state index in [1.54, 1.807) is 0 Å². The fraction of sp³-hybridized carbons (Fsp3) is 0.952. The lowest BCUT2D eigenvalue weighted by molar-refractivity contribution is -0.870. The lowest BCUT2D eigenvalue weighted by atomic mass is 10.0. The minimum atomic E-state index is -4.63. The molecule has 0 aliphatic heterocycles. The van der Waals surface area contributed by atoms with E-state index in [0.29, 0.717) is 27.1 Å². The van der Waals surface area contributed by atoms with Crippen molar-refractivity contribution in [3.05, 3.63) is 0 Å². The van der Waals surface area contributed by atoms with Crippen LogP contribution in [-0.2, 0) is 32.7 Å². The third kappa shape index (κ3) is 37.5. The van der Waals surface area contributed by atoms with Crippen LogP contribution < -0.4 is 4.89 Å². The maximum atomic E-state index is 12.7. The van der Waals surface area contributed by atoms with E-state index in [-0.39, 0.29) is 32.0 Å². The van der Waals surface area contributed by atoms with Crippen molar-refractivity contribution < 1.29 is 42.1 Å². The monoisotopic (exact) mass is 917 g/mol. The number of carbonyl (C=O) groups excluding carboxylic acids is 2. The lowest BCUT2D eigenvalue weighted by Crippen LogP contribution is -2.37. The van der Waals surface area contributed by atoms with Crippen molar-refractivity contribution in [2.75, 3.05) is 47.5 Å². The van der Waals surface area contributed by atoms with E-state index in [0.717, 1.165) is 51.4 Å². The van der Waals surface area contributed by atoms with Crippen LogP contribution in [-0.4, -0.2) is 79.7 Å². The number of rotatable bonds is 40. The highest BCUT2D eigenvalue weighted by Crippen LogP contribution is 2.38. The molecule has 0 heterocycles. The van der Waals surface area contributed by atoms with Gasteiger partial charge in [-0.05, 0) is 25.7 Å². The largest absolute Gasteiger partial charge is 0.756 e. The van der Waals surface area contributed by atoms with Crippen molar-refractivity contribution >= 4 is 51.6 Å². The number of phosphoric acid groups is 1. The molecule has 9 nitrogen and oxygen atoms in total. The number of nitrogens with zero attached hydrogens (tertiary/aromatic N) is 1. The first-order chi connectivity index (χ1) is 25.8. The smallest absolute Gasteiger partial charge is 0.306 e. The normalized spacial score (nSPS) is 14.7. The maximum absolute atomic E-state index is 12.7. The molecule has 4 unspecified atom stereocenters. The molecule has 12 heteroatoms. The number of ether oxygens (including phenoxy) is 2. The zero-order valence-corrected chi connectivity index (χ0v) is 39.3. The molecule has 0 saturated carbocycles. The Balaban J connectivity index is 4.46. The van der Waals surface area contributed by atoms with Crippen LogP contribution in [0.25, 0.3) is 0 Å². The van der Waals surface area contributed by atoms with Crippen LogP contribution in [0.3, 0.4) is 0 Å². The Kier molecular flexibility index (Phi) is 36.1. The van der Waals surface area contributed by atoms with Gasteiger partial charge in [-0.2, -0.15) is 0 Å². The standard InChI is InChI=1S/C42H82Br2NO8P/c1-6-8-10-12-14-15-16-17-18-19-20-24-28-32-41(46)50-36-38(37-52-54(48,49)51-35-34-45(3,4)5)53-42(47)33-29-25-21-23-27-31-40(44)39(43)30-26-22-13-11-9-7-2/h38-40H,6-37H2,1-5H3. The summed E-state index contributed by atoms with van der Waals surface area (Å²) in [6, 6.07) is 0. The van der Waals surface area contributed by atoms with Crippen LogP contribution in [0.2, 0.25) is 0 Å². The number of likely N-dealkylation sites (N-methyl/N-ethyl adjacent to an activating group) is 1. The van der Waals surface area contributed by atoms with E-state index in [1.165, 1.54) is 109 Å². The molecule has 0 aliphatic carbocycles. The van der Waals surface area contributed by atoms with E-state index in [4.69, 9.17) is 18.5 Å². The molecule has 0 spiro atoms. The van der Waals surface area contributed by atoms with E-state index < -0.39 is 26.5 Å². The van der Waals surface area contributed by atoms with Crippen molar-refractivity contribution in [1.82, 2.24) is 0 Å². The lowest BCUT2D eigenvalue weighted by Gasteiger charge is -2.28. The van der Waals surface area contributed by atoms with Crippen molar-refractivity contribution in [3.63, 3.8) is 0 Å².